The van der Waals surface area contributed by atoms with Gasteiger partial charge in [-0.25, -0.2) is 0 Å². The fourth-order valence-electron chi connectivity index (χ4n) is 2.15. The van der Waals surface area contributed by atoms with E-state index in [-0.39, 0.29) is 0 Å². The summed E-state index contributed by atoms with van der Waals surface area (Å²) in [6.07, 6.45) is 1.79. The maximum atomic E-state index is 5.99. The first-order valence-corrected chi connectivity index (χ1v) is 7.56. The molecule has 0 radical (unpaired) electrons. The van der Waals surface area contributed by atoms with Gasteiger partial charge in [-0.15, -0.1) is 0 Å². The zero-order chi connectivity index (χ0) is 13.9. The Labute approximate surface area is 126 Å². The third-order valence-corrected chi connectivity index (χ3v) is 3.77. The van der Waals surface area contributed by atoms with Crippen LogP contribution in [0.15, 0.2) is 54.7 Å². The Kier molecular flexibility index (Phi) is 3.70. The van der Waals surface area contributed by atoms with E-state index in [0.29, 0.717) is 0 Å². The lowest BCUT2D eigenvalue weighted by atomic mass is 10.1. The number of hydrogen-bond acceptors (Lipinski definition) is 2. The molecule has 0 amide bonds. The summed E-state index contributed by atoms with van der Waals surface area (Å²) in [5, 5.41) is 1.89. The van der Waals surface area contributed by atoms with Crippen LogP contribution in [0.2, 0.25) is 0 Å². The van der Waals surface area contributed by atoms with Crippen LogP contribution in [0, 0.1) is 6.92 Å². The highest BCUT2D eigenvalue weighted by atomic mass is 79.9. The lowest BCUT2D eigenvalue weighted by Crippen LogP contribution is -1.91. The van der Waals surface area contributed by atoms with Gasteiger partial charge in [-0.2, -0.15) is 0 Å². The number of aryl methyl sites for hydroxylation is 1. The molecule has 2 nitrogen and oxygen atoms in total. The molecule has 1 aromatic heterocycles. The molecule has 0 atom stereocenters. The molecule has 0 aliphatic carbocycles. The molecule has 0 unspecified atom stereocenters. The number of halogens is 1. The standard InChI is InChI=1S/C17H14BrNO/c1-12-4-7-17(14(9-12)11-18)20-15-6-5-13-3-2-8-19-16(13)10-15/h2-10H,11H2,1H3. The number of rotatable bonds is 3. The van der Waals surface area contributed by atoms with Gasteiger partial charge in [0.2, 0.25) is 0 Å². The lowest BCUT2D eigenvalue weighted by molar-refractivity contribution is 0.479. The van der Waals surface area contributed by atoms with Crippen LogP contribution in [0.5, 0.6) is 11.5 Å². The summed E-state index contributed by atoms with van der Waals surface area (Å²) in [6, 6.07) is 16.1. The lowest BCUT2D eigenvalue weighted by Gasteiger charge is -2.11. The van der Waals surface area contributed by atoms with Gasteiger partial charge in [0.1, 0.15) is 11.5 Å². The maximum Gasteiger partial charge on any atom is 0.131 e. The maximum absolute atomic E-state index is 5.99. The monoisotopic (exact) mass is 327 g/mol. The molecule has 3 heteroatoms. The molecule has 0 N–H and O–H groups in total. The molecular formula is C17H14BrNO. The van der Waals surface area contributed by atoms with E-state index in [4.69, 9.17) is 4.74 Å². The van der Waals surface area contributed by atoms with Crippen LogP contribution in [0.1, 0.15) is 11.1 Å². The van der Waals surface area contributed by atoms with Gasteiger partial charge in [-0.1, -0.05) is 39.7 Å². The molecule has 0 saturated heterocycles. The van der Waals surface area contributed by atoms with Crippen LogP contribution in [0.3, 0.4) is 0 Å². The molecule has 0 fully saturated rings. The molecule has 0 aliphatic rings. The minimum Gasteiger partial charge on any atom is -0.457 e. The summed E-state index contributed by atoms with van der Waals surface area (Å²) in [5.41, 5.74) is 3.32. The van der Waals surface area contributed by atoms with Crippen molar-refractivity contribution in [1.29, 1.82) is 0 Å². The molecule has 0 saturated carbocycles. The van der Waals surface area contributed by atoms with E-state index in [0.717, 1.165) is 33.3 Å². The number of hydrogen-bond donors (Lipinski definition) is 0. The zero-order valence-electron chi connectivity index (χ0n) is 11.1. The number of benzene rings is 2. The highest BCUT2D eigenvalue weighted by Crippen LogP contribution is 2.29. The van der Waals surface area contributed by atoms with Crippen molar-refractivity contribution < 1.29 is 4.74 Å². The van der Waals surface area contributed by atoms with Crippen molar-refractivity contribution in [2.24, 2.45) is 0 Å². The average Bonchev–Trinajstić information content (AvgIpc) is 2.49. The highest BCUT2D eigenvalue weighted by molar-refractivity contribution is 9.08. The highest BCUT2D eigenvalue weighted by Gasteiger charge is 2.05. The van der Waals surface area contributed by atoms with Crippen molar-refractivity contribution in [3.63, 3.8) is 0 Å². The van der Waals surface area contributed by atoms with Crippen LogP contribution in [0.4, 0.5) is 0 Å². The van der Waals surface area contributed by atoms with E-state index < -0.39 is 0 Å². The molecule has 0 aliphatic heterocycles. The third-order valence-electron chi connectivity index (χ3n) is 3.17. The second-order valence-corrected chi connectivity index (χ2v) is 5.27. The van der Waals surface area contributed by atoms with E-state index in [9.17, 15) is 0 Å². The van der Waals surface area contributed by atoms with Gasteiger partial charge in [0.15, 0.2) is 0 Å². The van der Waals surface area contributed by atoms with Gasteiger partial charge in [0.25, 0.3) is 0 Å². The molecule has 1 heterocycles. The van der Waals surface area contributed by atoms with Crippen LogP contribution in [-0.4, -0.2) is 4.98 Å². The van der Waals surface area contributed by atoms with Crippen LogP contribution < -0.4 is 4.74 Å². The van der Waals surface area contributed by atoms with Gasteiger partial charge >= 0.3 is 0 Å². The molecular weight excluding hydrogens is 314 g/mol. The van der Waals surface area contributed by atoms with Crippen molar-refractivity contribution in [3.05, 3.63) is 65.9 Å². The Balaban J connectivity index is 1.96. The predicted octanol–water partition coefficient (Wildman–Crippen LogP) is 5.23. The molecule has 2 aromatic carbocycles. The first-order valence-electron chi connectivity index (χ1n) is 6.44. The summed E-state index contributed by atoms with van der Waals surface area (Å²) < 4.78 is 5.99. The van der Waals surface area contributed by atoms with Crippen molar-refractivity contribution in [3.8, 4) is 11.5 Å². The summed E-state index contributed by atoms with van der Waals surface area (Å²) in [4.78, 5) is 4.35. The number of pyridine rings is 1. The molecule has 100 valence electrons. The Hall–Kier alpha value is -1.87. The summed E-state index contributed by atoms with van der Waals surface area (Å²) in [6.45, 7) is 2.08. The molecule has 3 aromatic rings. The molecule has 0 bridgehead atoms. The average molecular weight is 328 g/mol. The predicted molar refractivity (Wildman–Crippen MR) is 85.6 cm³/mol. The van der Waals surface area contributed by atoms with Crippen LogP contribution >= 0.6 is 15.9 Å². The van der Waals surface area contributed by atoms with Crippen LogP contribution in [0.25, 0.3) is 10.9 Å². The minimum absolute atomic E-state index is 0.774. The SMILES string of the molecule is Cc1ccc(Oc2ccc3cccnc3c2)c(CBr)c1. The van der Waals surface area contributed by atoms with E-state index in [1.54, 1.807) is 6.20 Å². The number of alkyl halides is 1. The first-order chi connectivity index (χ1) is 9.76. The van der Waals surface area contributed by atoms with E-state index >= 15 is 0 Å². The molecule has 0 spiro atoms. The van der Waals surface area contributed by atoms with Crippen molar-refractivity contribution in [1.82, 2.24) is 4.98 Å². The topological polar surface area (TPSA) is 22.1 Å². The van der Waals surface area contributed by atoms with Crippen molar-refractivity contribution in [2.45, 2.75) is 12.3 Å². The summed E-state index contributed by atoms with van der Waals surface area (Å²) in [7, 11) is 0. The number of ether oxygens (including phenoxy) is 1. The second-order valence-electron chi connectivity index (χ2n) is 4.70. The Morgan fingerprint density at radius 3 is 2.85 bits per heavy atom. The number of nitrogens with zero attached hydrogens (tertiary/aromatic N) is 1. The zero-order valence-corrected chi connectivity index (χ0v) is 12.7. The van der Waals surface area contributed by atoms with E-state index in [2.05, 4.69) is 40.0 Å². The molecule has 3 rings (SSSR count). The number of aromatic nitrogens is 1. The van der Waals surface area contributed by atoms with E-state index in [1.807, 2.05) is 36.4 Å². The quantitative estimate of drug-likeness (QED) is 0.614. The van der Waals surface area contributed by atoms with Crippen molar-refractivity contribution in [2.75, 3.05) is 0 Å². The Morgan fingerprint density at radius 1 is 1.10 bits per heavy atom. The van der Waals surface area contributed by atoms with Gasteiger partial charge in [-0.3, -0.25) is 4.98 Å². The van der Waals surface area contributed by atoms with Gasteiger partial charge in [0, 0.05) is 28.5 Å². The fraction of sp³-hybridized carbons (Fsp3) is 0.118. The van der Waals surface area contributed by atoms with Crippen LogP contribution in [-0.2, 0) is 5.33 Å². The van der Waals surface area contributed by atoms with Gasteiger partial charge in [0.05, 0.1) is 5.52 Å². The first kappa shape index (κ1) is 13.1. The fourth-order valence-corrected chi connectivity index (χ4v) is 2.59. The second kappa shape index (κ2) is 5.63. The summed E-state index contributed by atoms with van der Waals surface area (Å²) >= 11 is 3.50. The minimum atomic E-state index is 0.774. The van der Waals surface area contributed by atoms with Gasteiger partial charge < -0.3 is 4.74 Å². The Bertz CT molecular complexity index is 755. The Morgan fingerprint density at radius 2 is 2.00 bits per heavy atom. The van der Waals surface area contributed by atoms with E-state index in [1.165, 1.54) is 5.56 Å². The van der Waals surface area contributed by atoms with Crippen molar-refractivity contribution >= 4 is 26.8 Å². The smallest absolute Gasteiger partial charge is 0.131 e. The normalized spacial score (nSPS) is 10.7. The van der Waals surface area contributed by atoms with Gasteiger partial charge in [-0.05, 0) is 31.2 Å². The molecule has 20 heavy (non-hydrogen) atoms. The third kappa shape index (κ3) is 2.68. The largest absolute Gasteiger partial charge is 0.457 e. The number of fused-ring (bicyclic) bond motifs is 1. The summed E-state index contributed by atoms with van der Waals surface area (Å²) in [5.74, 6) is 1.69.